The predicted octanol–water partition coefficient (Wildman–Crippen LogP) is 4.91. The average molecular weight is 470 g/mol. The van der Waals surface area contributed by atoms with Gasteiger partial charge in [0.1, 0.15) is 11.7 Å². The van der Waals surface area contributed by atoms with E-state index in [4.69, 9.17) is 4.98 Å². The number of alkyl halides is 3. The van der Waals surface area contributed by atoms with Crippen LogP contribution in [0.2, 0.25) is 0 Å². The third-order valence-electron chi connectivity index (χ3n) is 6.37. The minimum absolute atomic E-state index is 0.0148. The lowest BCUT2D eigenvalue weighted by Gasteiger charge is -2.29. The first-order chi connectivity index (χ1) is 16.0. The number of benzene rings is 1. The van der Waals surface area contributed by atoms with Gasteiger partial charge in [0.25, 0.3) is 0 Å². The number of nitrogens with zero attached hydrogens (tertiary/aromatic N) is 5. The standard InChI is InChI=1S/C25H26F3N5O/c1-24(2,3)18-6-4-5-15-7-9-19(29-21(15)18)23-31-30-20-10-8-16(13-33(20)23)22(25(26,27)28)32-12-11-17(34)14-32/h4-10,13,17,22,34H,11-12,14H2,1-3H3/t17-,22+/m1/s1. The zero-order chi connectivity index (χ0) is 24.3. The Balaban J connectivity index is 1.63. The topological polar surface area (TPSA) is 66.5 Å². The van der Waals surface area contributed by atoms with Gasteiger partial charge in [0, 0.05) is 24.7 Å². The zero-order valence-corrected chi connectivity index (χ0v) is 19.2. The molecule has 4 heterocycles. The molecular formula is C25H26F3N5O. The molecule has 34 heavy (non-hydrogen) atoms. The van der Waals surface area contributed by atoms with Crippen molar-refractivity contribution in [2.45, 2.75) is 50.9 Å². The van der Waals surface area contributed by atoms with Gasteiger partial charge in [-0.15, -0.1) is 10.2 Å². The summed E-state index contributed by atoms with van der Waals surface area (Å²) in [7, 11) is 0. The number of aromatic nitrogens is 4. The molecule has 5 rings (SSSR count). The largest absolute Gasteiger partial charge is 0.408 e. The van der Waals surface area contributed by atoms with Gasteiger partial charge < -0.3 is 5.11 Å². The summed E-state index contributed by atoms with van der Waals surface area (Å²) in [4.78, 5) is 6.13. The molecule has 0 unspecified atom stereocenters. The summed E-state index contributed by atoms with van der Waals surface area (Å²) >= 11 is 0. The Morgan fingerprint density at radius 1 is 1.03 bits per heavy atom. The van der Waals surface area contributed by atoms with E-state index in [0.717, 1.165) is 16.5 Å². The van der Waals surface area contributed by atoms with Crippen molar-refractivity contribution in [3.63, 3.8) is 0 Å². The van der Waals surface area contributed by atoms with Crippen molar-refractivity contribution < 1.29 is 18.3 Å². The normalized spacial score (nSPS) is 18.7. The van der Waals surface area contributed by atoms with Crippen molar-refractivity contribution in [2.24, 2.45) is 0 Å². The summed E-state index contributed by atoms with van der Waals surface area (Å²) in [6, 6.07) is 10.9. The molecule has 3 aromatic heterocycles. The van der Waals surface area contributed by atoms with E-state index in [1.54, 1.807) is 10.5 Å². The van der Waals surface area contributed by atoms with Gasteiger partial charge in [-0.25, -0.2) is 4.98 Å². The van der Waals surface area contributed by atoms with Crippen LogP contribution in [-0.4, -0.2) is 55.0 Å². The van der Waals surface area contributed by atoms with Crippen molar-refractivity contribution in [2.75, 3.05) is 13.1 Å². The Morgan fingerprint density at radius 3 is 2.50 bits per heavy atom. The van der Waals surface area contributed by atoms with Crippen molar-refractivity contribution in [3.8, 4) is 11.5 Å². The van der Waals surface area contributed by atoms with Crippen LogP contribution in [0.1, 0.15) is 44.4 Å². The molecule has 0 bridgehead atoms. The van der Waals surface area contributed by atoms with E-state index in [1.165, 1.54) is 17.2 Å². The van der Waals surface area contributed by atoms with Gasteiger partial charge in [-0.05, 0) is 35.1 Å². The minimum atomic E-state index is -4.49. The molecule has 0 spiro atoms. The number of aliphatic hydroxyl groups excluding tert-OH is 1. The summed E-state index contributed by atoms with van der Waals surface area (Å²) in [6.07, 6.45) is -3.48. The van der Waals surface area contributed by atoms with Gasteiger partial charge in [-0.2, -0.15) is 13.2 Å². The number of fused-ring (bicyclic) bond motifs is 2. The lowest BCUT2D eigenvalue weighted by atomic mass is 9.85. The summed E-state index contributed by atoms with van der Waals surface area (Å²) in [5.74, 6) is 0.379. The van der Waals surface area contributed by atoms with Crippen molar-refractivity contribution >= 4 is 16.6 Å². The van der Waals surface area contributed by atoms with E-state index in [2.05, 4.69) is 31.0 Å². The number of pyridine rings is 2. The monoisotopic (exact) mass is 469 g/mol. The van der Waals surface area contributed by atoms with Crippen LogP contribution < -0.4 is 0 Å². The number of para-hydroxylation sites is 1. The molecule has 1 aliphatic rings. The highest BCUT2D eigenvalue weighted by atomic mass is 19.4. The molecule has 4 aromatic rings. The third-order valence-corrected chi connectivity index (χ3v) is 6.37. The first-order valence-corrected chi connectivity index (χ1v) is 11.3. The van der Waals surface area contributed by atoms with Crippen LogP contribution in [0.15, 0.2) is 48.7 Å². The molecular weight excluding hydrogens is 443 g/mol. The molecule has 1 aliphatic heterocycles. The maximum atomic E-state index is 14.1. The molecule has 0 radical (unpaired) electrons. The molecule has 1 saturated heterocycles. The fourth-order valence-corrected chi connectivity index (χ4v) is 4.73. The molecule has 9 heteroatoms. The Kier molecular flexibility index (Phi) is 5.37. The van der Waals surface area contributed by atoms with Gasteiger partial charge >= 0.3 is 6.18 Å². The first-order valence-electron chi connectivity index (χ1n) is 11.3. The fourth-order valence-electron chi connectivity index (χ4n) is 4.73. The van der Waals surface area contributed by atoms with E-state index < -0.39 is 18.3 Å². The van der Waals surface area contributed by atoms with Crippen LogP contribution in [0.25, 0.3) is 28.1 Å². The Labute approximate surface area is 195 Å². The predicted molar refractivity (Wildman–Crippen MR) is 123 cm³/mol. The first kappa shape index (κ1) is 22.7. The fraction of sp³-hybridized carbons (Fsp3) is 0.400. The smallest absolute Gasteiger partial charge is 0.392 e. The van der Waals surface area contributed by atoms with Gasteiger partial charge in [-0.1, -0.05) is 51.1 Å². The Bertz CT molecular complexity index is 1360. The second-order valence-corrected chi connectivity index (χ2v) is 9.92. The highest BCUT2D eigenvalue weighted by Gasteiger charge is 2.46. The zero-order valence-electron chi connectivity index (χ0n) is 19.2. The number of hydrogen-bond donors (Lipinski definition) is 1. The molecule has 178 valence electrons. The number of halogens is 3. The lowest BCUT2D eigenvalue weighted by Crippen LogP contribution is -2.37. The number of rotatable bonds is 3. The molecule has 1 aromatic carbocycles. The SMILES string of the molecule is CC(C)(C)c1cccc2ccc(-c3nnc4ccc([C@H](N5CC[C@@H](O)C5)C(F)(F)F)cn34)nc12. The molecule has 0 amide bonds. The number of β-amino-alcohol motifs (C(OH)–C–C–N with tert-alkyl or cyclic N) is 1. The van der Waals surface area contributed by atoms with Gasteiger partial charge in [0.2, 0.25) is 0 Å². The van der Waals surface area contributed by atoms with Crippen molar-refractivity contribution in [1.82, 2.24) is 24.5 Å². The molecule has 1 fully saturated rings. The molecule has 6 nitrogen and oxygen atoms in total. The number of hydrogen-bond acceptors (Lipinski definition) is 5. The maximum absolute atomic E-state index is 14.1. The quantitative estimate of drug-likeness (QED) is 0.462. The Hall–Kier alpha value is -3.04. The molecule has 0 aliphatic carbocycles. The van der Waals surface area contributed by atoms with Crippen LogP contribution in [0, 0.1) is 0 Å². The number of aliphatic hydroxyl groups is 1. The van der Waals surface area contributed by atoms with E-state index in [0.29, 0.717) is 23.6 Å². The van der Waals surface area contributed by atoms with Crippen LogP contribution >= 0.6 is 0 Å². The summed E-state index contributed by atoms with van der Waals surface area (Å²) in [6.45, 7) is 6.50. The molecule has 1 N–H and O–H groups in total. The lowest BCUT2D eigenvalue weighted by molar-refractivity contribution is -0.184. The highest BCUT2D eigenvalue weighted by Crippen LogP contribution is 2.40. The summed E-state index contributed by atoms with van der Waals surface area (Å²) < 4.78 is 43.8. The van der Waals surface area contributed by atoms with E-state index in [9.17, 15) is 18.3 Å². The van der Waals surface area contributed by atoms with E-state index in [1.807, 2.05) is 30.3 Å². The highest BCUT2D eigenvalue weighted by molar-refractivity contribution is 5.84. The van der Waals surface area contributed by atoms with Gasteiger partial charge in [0.05, 0.1) is 11.6 Å². The van der Waals surface area contributed by atoms with Gasteiger partial charge in [0.15, 0.2) is 11.5 Å². The van der Waals surface area contributed by atoms with Crippen LogP contribution in [0.4, 0.5) is 13.2 Å². The van der Waals surface area contributed by atoms with E-state index in [-0.39, 0.29) is 24.1 Å². The van der Waals surface area contributed by atoms with Crippen LogP contribution in [-0.2, 0) is 5.41 Å². The van der Waals surface area contributed by atoms with Gasteiger partial charge in [-0.3, -0.25) is 9.30 Å². The van der Waals surface area contributed by atoms with Crippen molar-refractivity contribution in [1.29, 1.82) is 0 Å². The number of likely N-dealkylation sites (tertiary alicyclic amines) is 1. The Morgan fingerprint density at radius 2 is 1.82 bits per heavy atom. The average Bonchev–Trinajstić information content (AvgIpc) is 3.37. The third kappa shape index (κ3) is 4.03. The van der Waals surface area contributed by atoms with Crippen LogP contribution in [0.5, 0.6) is 0 Å². The second kappa shape index (κ2) is 8.02. The molecule has 0 saturated carbocycles. The summed E-state index contributed by atoms with van der Waals surface area (Å²) in [5.41, 5.74) is 2.82. The molecule has 2 atom stereocenters. The van der Waals surface area contributed by atoms with E-state index >= 15 is 0 Å². The van der Waals surface area contributed by atoms with Crippen molar-refractivity contribution in [3.05, 3.63) is 59.8 Å². The second-order valence-electron chi connectivity index (χ2n) is 9.92. The summed E-state index contributed by atoms with van der Waals surface area (Å²) in [5, 5.41) is 19.2. The maximum Gasteiger partial charge on any atom is 0.408 e. The minimum Gasteiger partial charge on any atom is -0.392 e. The van der Waals surface area contributed by atoms with Crippen LogP contribution in [0.3, 0.4) is 0 Å².